The Morgan fingerprint density at radius 1 is 1.12 bits per heavy atom. The van der Waals surface area contributed by atoms with Crippen LogP contribution in [0.4, 0.5) is 17.5 Å². The molecular formula is C11H10Br2N4. The van der Waals surface area contributed by atoms with Crippen molar-refractivity contribution < 1.29 is 0 Å². The van der Waals surface area contributed by atoms with Crippen LogP contribution in [0.5, 0.6) is 0 Å². The smallest absolute Gasteiger partial charge is 0.224 e. The van der Waals surface area contributed by atoms with Crippen molar-refractivity contribution in [1.29, 1.82) is 0 Å². The largest absolute Gasteiger partial charge is 0.357 e. The first-order valence-corrected chi connectivity index (χ1v) is 6.51. The number of benzene rings is 1. The van der Waals surface area contributed by atoms with Crippen molar-refractivity contribution in [2.45, 2.75) is 0 Å². The first-order chi connectivity index (χ1) is 8.20. The van der Waals surface area contributed by atoms with Crippen LogP contribution in [-0.4, -0.2) is 17.0 Å². The number of rotatable bonds is 3. The number of nitrogens with zero attached hydrogens (tertiary/aromatic N) is 2. The van der Waals surface area contributed by atoms with E-state index in [2.05, 4.69) is 52.5 Å². The molecule has 1 aromatic carbocycles. The minimum atomic E-state index is 0.582. The molecule has 1 heterocycles. The van der Waals surface area contributed by atoms with Gasteiger partial charge >= 0.3 is 0 Å². The molecule has 6 heteroatoms. The number of aromatic nitrogens is 2. The van der Waals surface area contributed by atoms with Crippen LogP contribution in [0.15, 0.2) is 39.4 Å². The van der Waals surface area contributed by atoms with Crippen molar-refractivity contribution in [2.24, 2.45) is 0 Å². The van der Waals surface area contributed by atoms with E-state index in [1.54, 1.807) is 13.2 Å². The van der Waals surface area contributed by atoms with E-state index in [1.807, 2.05) is 24.3 Å². The summed E-state index contributed by atoms with van der Waals surface area (Å²) in [6, 6.07) is 7.70. The van der Waals surface area contributed by atoms with Crippen LogP contribution in [0, 0.1) is 0 Å². The second-order valence-electron chi connectivity index (χ2n) is 3.24. The molecule has 2 rings (SSSR count). The number of hydrogen-bond donors (Lipinski definition) is 2. The molecule has 2 N–H and O–H groups in total. The second kappa shape index (κ2) is 5.46. The summed E-state index contributed by atoms with van der Waals surface area (Å²) in [6.45, 7) is 0. The Balaban J connectivity index is 2.31. The molecule has 0 fully saturated rings. The molecule has 0 aliphatic heterocycles. The van der Waals surface area contributed by atoms with E-state index in [9.17, 15) is 0 Å². The van der Waals surface area contributed by atoms with Gasteiger partial charge in [0.15, 0.2) is 0 Å². The highest BCUT2D eigenvalue weighted by Crippen LogP contribution is 2.32. The van der Waals surface area contributed by atoms with Gasteiger partial charge in [-0.1, -0.05) is 6.07 Å². The minimum Gasteiger partial charge on any atom is -0.357 e. The molecule has 0 unspecified atom stereocenters. The summed E-state index contributed by atoms with van der Waals surface area (Å²) in [4.78, 5) is 8.35. The van der Waals surface area contributed by atoms with Gasteiger partial charge in [-0.2, -0.15) is 4.98 Å². The quantitative estimate of drug-likeness (QED) is 0.877. The third-order valence-electron chi connectivity index (χ3n) is 2.10. The zero-order chi connectivity index (χ0) is 12.3. The lowest BCUT2D eigenvalue weighted by atomic mass is 10.3. The van der Waals surface area contributed by atoms with E-state index in [-0.39, 0.29) is 0 Å². The molecule has 2 aromatic rings. The van der Waals surface area contributed by atoms with Crippen LogP contribution in [-0.2, 0) is 0 Å². The first-order valence-electron chi connectivity index (χ1n) is 4.92. The number of halogens is 2. The normalized spacial score (nSPS) is 10.1. The number of anilines is 3. The predicted molar refractivity (Wildman–Crippen MR) is 76.7 cm³/mol. The van der Waals surface area contributed by atoms with E-state index in [0.29, 0.717) is 5.95 Å². The number of para-hydroxylation sites is 1. The predicted octanol–water partition coefficient (Wildman–Crippen LogP) is 3.79. The summed E-state index contributed by atoms with van der Waals surface area (Å²) in [5.74, 6) is 1.31. The molecule has 88 valence electrons. The van der Waals surface area contributed by atoms with E-state index in [4.69, 9.17) is 0 Å². The Morgan fingerprint density at radius 3 is 2.47 bits per heavy atom. The lowest BCUT2D eigenvalue weighted by Crippen LogP contribution is -2.00. The minimum absolute atomic E-state index is 0.582. The highest BCUT2D eigenvalue weighted by atomic mass is 79.9. The summed E-state index contributed by atoms with van der Waals surface area (Å²) in [5.41, 5.74) is 0.938. The fourth-order valence-corrected chi connectivity index (χ4v) is 2.49. The lowest BCUT2D eigenvalue weighted by molar-refractivity contribution is 1.15. The van der Waals surface area contributed by atoms with Gasteiger partial charge in [-0.25, -0.2) is 4.98 Å². The topological polar surface area (TPSA) is 49.8 Å². The van der Waals surface area contributed by atoms with E-state index in [1.165, 1.54) is 0 Å². The average Bonchev–Trinajstić information content (AvgIpc) is 2.34. The number of nitrogens with one attached hydrogen (secondary N) is 2. The van der Waals surface area contributed by atoms with Crippen molar-refractivity contribution in [2.75, 3.05) is 17.7 Å². The van der Waals surface area contributed by atoms with Crippen molar-refractivity contribution in [3.05, 3.63) is 39.4 Å². The van der Waals surface area contributed by atoms with Gasteiger partial charge in [0.25, 0.3) is 0 Å². The molecule has 0 aliphatic rings. The molecule has 0 atom stereocenters. The number of hydrogen-bond acceptors (Lipinski definition) is 4. The highest BCUT2D eigenvalue weighted by molar-refractivity contribution is 9.11. The standard InChI is InChI=1S/C11H10Br2N4/c1-14-11-15-6-5-9(17-11)16-10-7(12)3-2-4-8(10)13/h2-6H,1H3,(H2,14,15,16,17). The molecule has 0 saturated carbocycles. The van der Waals surface area contributed by atoms with Gasteiger partial charge < -0.3 is 10.6 Å². The van der Waals surface area contributed by atoms with Gasteiger partial charge in [0.05, 0.1) is 5.69 Å². The molecule has 0 aliphatic carbocycles. The van der Waals surface area contributed by atoms with Crippen LogP contribution in [0.2, 0.25) is 0 Å². The Hall–Kier alpha value is -1.14. The summed E-state index contributed by atoms with van der Waals surface area (Å²) < 4.78 is 1.94. The van der Waals surface area contributed by atoms with Crippen molar-refractivity contribution in [3.63, 3.8) is 0 Å². The summed E-state index contributed by atoms with van der Waals surface area (Å²) in [5, 5.41) is 6.13. The van der Waals surface area contributed by atoms with Gasteiger partial charge in [-0.3, -0.25) is 0 Å². The van der Waals surface area contributed by atoms with Crippen LogP contribution in [0.3, 0.4) is 0 Å². The van der Waals surface area contributed by atoms with Gasteiger partial charge in [0.1, 0.15) is 5.82 Å². The molecule has 4 nitrogen and oxygen atoms in total. The Morgan fingerprint density at radius 2 is 1.82 bits per heavy atom. The highest BCUT2D eigenvalue weighted by Gasteiger charge is 2.05. The summed E-state index contributed by atoms with van der Waals surface area (Å²) in [6.07, 6.45) is 1.70. The molecule has 0 bridgehead atoms. The molecule has 1 aromatic heterocycles. The molecule has 0 spiro atoms. The Kier molecular flexibility index (Phi) is 3.96. The zero-order valence-corrected chi connectivity index (χ0v) is 12.2. The van der Waals surface area contributed by atoms with Crippen LogP contribution >= 0.6 is 31.9 Å². The lowest BCUT2D eigenvalue weighted by Gasteiger charge is -2.10. The zero-order valence-electron chi connectivity index (χ0n) is 9.04. The SMILES string of the molecule is CNc1nccc(Nc2c(Br)cccc2Br)n1. The third-order valence-corrected chi connectivity index (χ3v) is 3.42. The maximum Gasteiger partial charge on any atom is 0.224 e. The second-order valence-corrected chi connectivity index (χ2v) is 4.95. The van der Waals surface area contributed by atoms with Gasteiger partial charge in [0, 0.05) is 22.2 Å². The average molecular weight is 358 g/mol. The monoisotopic (exact) mass is 356 g/mol. The van der Waals surface area contributed by atoms with Gasteiger partial charge in [0.2, 0.25) is 5.95 Å². The van der Waals surface area contributed by atoms with Gasteiger partial charge in [-0.05, 0) is 50.1 Å². The summed E-state index contributed by atoms with van der Waals surface area (Å²) in [7, 11) is 1.79. The summed E-state index contributed by atoms with van der Waals surface area (Å²) >= 11 is 6.98. The molecule has 17 heavy (non-hydrogen) atoms. The fourth-order valence-electron chi connectivity index (χ4n) is 1.29. The van der Waals surface area contributed by atoms with Crippen LogP contribution < -0.4 is 10.6 Å². The van der Waals surface area contributed by atoms with E-state index >= 15 is 0 Å². The maximum absolute atomic E-state index is 4.29. The van der Waals surface area contributed by atoms with Crippen molar-refractivity contribution in [1.82, 2.24) is 9.97 Å². The van der Waals surface area contributed by atoms with Gasteiger partial charge in [-0.15, -0.1) is 0 Å². The molecule has 0 saturated heterocycles. The fraction of sp³-hybridized carbons (Fsp3) is 0.0909. The Bertz CT molecular complexity index is 510. The van der Waals surface area contributed by atoms with Crippen molar-refractivity contribution in [3.8, 4) is 0 Å². The third kappa shape index (κ3) is 2.95. The maximum atomic E-state index is 4.29. The Labute approximate surface area is 116 Å². The molecule has 0 amide bonds. The molecule has 0 radical (unpaired) electrons. The van der Waals surface area contributed by atoms with Crippen molar-refractivity contribution >= 4 is 49.3 Å². The first kappa shape index (κ1) is 12.3. The molecular weight excluding hydrogens is 348 g/mol. The van der Waals surface area contributed by atoms with Crippen LogP contribution in [0.1, 0.15) is 0 Å². The van der Waals surface area contributed by atoms with Crippen LogP contribution in [0.25, 0.3) is 0 Å². The van der Waals surface area contributed by atoms with E-state index in [0.717, 1.165) is 20.5 Å². The van der Waals surface area contributed by atoms with E-state index < -0.39 is 0 Å².